The third-order valence-electron chi connectivity index (χ3n) is 2.62. The van der Waals surface area contributed by atoms with Crippen LogP contribution in [0.25, 0.3) is 0 Å². The normalized spacial score (nSPS) is 13.7. The summed E-state index contributed by atoms with van der Waals surface area (Å²) in [5, 5.41) is 18.5. The maximum absolute atomic E-state index is 12.1. The Morgan fingerprint density at radius 2 is 2.05 bits per heavy atom. The smallest absolute Gasteiger partial charge is 0.345 e. The van der Waals surface area contributed by atoms with Gasteiger partial charge in [0.1, 0.15) is 4.88 Å². The highest BCUT2D eigenvalue weighted by molar-refractivity contribution is 7.89. The molecule has 0 aromatic carbocycles. The molecule has 0 radical (unpaired) electrons. The van der Waals surface area contributed by atoms with E-state index < -0.39 is 22.1 Å². The van der Waals surface area contributed by atoms with Crippen molar-refractivity contribution in [3.8, 4) is 0 Å². The Balaban J connectivity index is 2.81. The first kappa shape index (κ1) is 17.1. The number of nitrogens with one attached hydrogen (secondary N) is 1. The van der Waals surface area contributed by atoms with E-state index >= 15 is 0 Å². The average Bonchev–Trinajstić information content (AvgIpc) is 2.69. The van der Waals surface area contributed by atoms with Crippen molar-refractivity contribution in [2.45, 2.75) is 38.2 Å². The van der Waals surface area contributed by atoms with Crippen molar-refractivity contribution in [2.24, 2.45) is 5.92 Å². The van der Waals surface area contributed by atoms with Crippen molar-refractivity contribution >= 4 is 27.3 Å². The van der Waals surface area contributed by atoms with Crippen LogP contribution in [-0.2, 0) is 10.0 Å². The fourth-order valence-electron chi connectivity index (χ4n) is 1.75. The van der Waals surface area contributed by atoms with Gasteiger partial charge < -0.3 is 10.2 Å². The fraction of sp³-hybridized carbons (Fsp3) is 0.583. The maximum Gasteiger partial charge on any atom is 0.345 e. The molecule has 0 aliphatic heterocycles. The van der Waals surface area contributed by atoms with Gasteiger partial charge in [-0.2, -0.15) is 0 Å². The number of thiophene rings is 1. The summed E-state index contributed by atoms with van der Waals surface area (Å²) in [6.07, 6.45) is -0.270. The standard InChI is InChI=1S/C12H19NO5S2/c1-7(2)4-9(14)6-13-20(17,18)11-5-10(12(15)16)19-8(11)3/h5,7,9,13-14H,4,6H2,1-3H3,(H,15,16). The molecule has 0 saturated heterocycles. The first-order valence-corrected chi connectivity index (χ1v) is 8.45. The largest absolute Gasteiger partial charge is 0.477 e. The van der Waals surface area contributed by atoms with Crippen LogP contribution in [0.5, 0.6) is 0 Å². The predicted molar refractivity (Wildman–Crippen MR) is 76.7 cm³/mol. The van der Waals surface area contributed by atoms with E-state index in [1.54, 1.807) is 6.92 Å². The van der Waals surface area contributed by atoms with Crippen LogP contribution in [0, 0.1) is 12.8 Å². The second kappa shape index (κ2) is 6.66. The summed E-state index contributed by atoms with van der Waals surface area (Å²) in [4.78, 5) is 11.2. The van der Waals surface area contributed by atoms with E-state index in [4.69, 9.17) is 5.11 Å². The highest BCUT2D eigenvalue weighted by Crippen LogP contribution is 2.25. The molecule has 0 fully saturated rings. The monoisotopic (exact) mass is 321 g/mol. The minimum Gasteiger partial charge on any atom is -0.477 e. The zero-order chi connectivity index (χ0) is 15.5. The molecule has 8 heteroatoms. The molecule has 1 unspecified atom stereocenters. The van der Waals surface area contributed by atoms with Crippen molar-refractivity contribution in [1.82, 2.24) is 4.72 Å². The number of hydrogen-bond donors (Lipinski definition) is 3. The lowest BCUT2D eigenvalue weighted by molar-refractivity contribution is 0.0702. The van der Waals surface area contributed by atoms with Gasteiger partial charge in [0.25, 0.3) is 0 Å². The number of carbonyl (C=O) groups is 1. The van der Waals surface area contributed by atoms with Gasteiger partial charge >= 0.3 is 5.97 Å². The van der Waals surface area contributed by atoms with Crippen LogP contribution in [-0.4, -0.2) is 37.2 Å². The van der Waals surface area contributed by atoms with Gasteiger partial charge in [0, 0.05) is 11.4 Å². The van der Waals surface area contributed by atoms with Gasteiger partial charge in [-0.3, -0.25) is 0 Å². The molecule has 0 bridgehead atoms. The van der Waals surface area contributed by atoms with E-state index in [1.165, 1.54) is 0 Å². The molecular weight excluding hydrogens is 302 g/mol. The minimum absolute atomic E-state index is 0.0226. The molecule has 20 heavy (non-hydrogen) atoms. The van der Waals surface area contributed by atoms with Crippen molar-refractivity contribution in [2.75, 3.05) is 6.54 Å². The Bertz CT molecular complexity index is 577. The van der Waals surface area contributed by atoms with E-state index in [1.807, 2.05) is 13.8 Å². The summed E-state index contributed by atoms with van der Waals surface area (Å²) in [7, 11) is -3.80. The highest BCUT2D eigenvalue weighted by Gasteiger charge is 2.22. The lowest BCUT2D eigenvalue weighted by Crippen LogP contribution is -2.32. The number of hydrogen-bond acceptors (Lipinski definition) is 5. The zero-order valence-corrected chi connectivity index (χ0v) is 13.2. The minimum atomic E-state index is -3.80. The molecule has 1 atom stereocenters. The van der Waals surface area contributed by atoms with Crippen LogP contribution in [0.2, 0.25) is 0 Å². The molecule has 1 heterocycles. The summed E-state index contributed by atoms with van der Waals surface area (Å²) in [6.45, 7) is 5.33. The second-order valence-corrected chi connectivity index (χ2v) is 7.96. The molecule has 0 aliphatic carbocycles. The number of carboxylic acids is 1. The SMILES string of the molecule is Cc1sc(C(=O)O)cc1S(=O)(=O)NCC(O)CC(C)C. The van der Waals surface area contributed by atoms with Gasteiger partial charge in [0.15, 0.2) is 0 Å². The quantitative estimate of drug-likeness (QED) is 0.705. The van der Waals surface area contributed by atoms with E-state index in [0.29, 0.717) is 11.3 Å². The Morgan fingerprint density at radius 1 is 1.45 bits per heavy atom. The number of aliphatic hydroxyl groups excluding tert-OH is 1. The fourth-order valence-corrected chi connectivity index (χ4v) is 4.25. The summed E-state index contributed by atoms with van der Waals surface area (Å²) >= 11 is 0.913. The Hall–Kier alpha value is -0.960. The number of rotatable bonds is 7. The first-order valence-electron chi connectivity index (χ1n) is 6.15. The molecule has 0 amide bonds. The van der Waals surface area contributed by atoms with E-state index in [0.717, 1.165) is 17.4 Å². The third kappa shape index (κ3) is 4.55. The molecule has 0 aliphatic rings. The highest BCUT2D eigenvalue weighted by atomic mass is 32.2. The number of aromatic carboxylic acids is 1. The van der Waals surface area contributed by atoms with Crippen molar-refractivity contribution in [3.63, 3.8) is 0 Å². The molecule has 3 N–H and O–H groups in total. The van der Waals surface area contributed by atoms with Gasteiger partial charge in [0.05, 0.1) is 11.0 Å². The van der Waals surface area contributed by atoms with Gasteiger partial charge in [-0.05, 0) is 25.3 Å². The summed E-state index contributed by atoms with van der Waals surface area (Å²) in [5.41, 5.74) is 0. The predicted octanol–water partition coefficient (Wildman–Crippen LogP) is 1.44. The topological polar surface area (TPSA) is 104 Å². The lowest BCUT2D eigenvalue weighted by Gasteiger charge is -2.13. The van der Waals surface area contributed by atoms with E-state index in [9.17, 15) is 18.3 Å². The molecule has 0 saturated carbocycles. The summed E-state index contributed by atoms with van der Waals surface area (Å²) < 4.78 is 26.5. The Kier molecular flexibility index (Phi) is 5.69. The second-order valence-electron chi connectivity index (χ2n) is 4.97. The first-order chi connectivity index (χ1) is 9.13. The van der Waals surface area contributed by atoms with Crippen LogP contribution in [0.1, 0.15) is 34.8 Å². The van der Waals surface area contributed by atoms with Crippen molar-refractivity contribution in [3.05, 3.63) is 15.8 Å². The molecule has 1 aromatic heterocycles. The van der Waals surface area contributed by atoms with Crippen LogP contribution >= 0.6 is 11.3 Å². The number of sulfonamides is 1. The van der Waals surface area contributed by atoms with Gasteiger partial charge in [-0.25, -0.2) is 17.9 Å². The van der Waals surface area contributed by atoms with Crippen LogP contribution in [0.3, 0.4) is 0 Å². The van der Waals surface area contributed by atoms with Crippen LogP contribution < -0.4 is 4.72 Å². The molecule has 1 rings (SSSR count). The lowest BCUT2D eigenvalue weighted by atomic mass is 10.1. The molecule has 0 spiro atoms. The summed E-state index contributed by atoms with van der Waals surface area (Å²) in [6, 6.07) is 1.14. The zero-order valence-electron chi connectivity index (χ0n) is 11.6. The summed E-state index contributed by atoms with van der Waals surface area (Å²) in [5.74, 6) is -0.893. The molecule has 6 nitrogen and oxygen atoms in total. The number of aryl methyl sites for hydroxylation is 1. The number of carboxylic acid groups (broad SMARTS) is 1. The van der Waals surface area contributed by atoms with Crippen LogP contribution in [0.15, 0.2) is 11.0 Å². The number of aliphatic hydroxyl groups is 1. The third-order valence-corrected chi connectivity index (χ3v) is 5.34. The Morgan fingerprint density at radius 3 is 2.50 bits per heavy atom. The van der Waals surface area contributed by atoms with Gasteiger partial charge in [-0.1, -0.05) is 13.8 Å². The molecular formula is C12H19NO5S2. The van der Waals surface area contributed by atoms with Gasteiger partial charge in [0.2, 0.25) is 10.0 Å². The Labute approximate surface area is 122 Å². The van der Waals surface area contributed by atoms with Crippen molar-refractivity contribution < 1.29 is 23.4 Å². The average molecular weight is 321 g/mol. The van der Waals surface area contributed by atoms with E-state index in [-0.39, 0.29) is 22.2 Å². The van der Waals surface area contributed by atoms with Crippen molar-refractivity contribution in [1.29, 1.82) is 0 Å². The molecule has 1 aromatic rings. The van der Waals surface area contributed by atoms with E-state index in [2.05, 4.69) is 4.72 Å². The maximum atomic E-state index is 12.1. The molecule has 114 valence electrons. The van der Waals surface area contributed by atoms with Gasteiger partial charge in [-0.15, -0.1) is 11.3 Å². The van der Waals surface area contributed by atoms with Crippen LogP contribution in [0.4, 0.5) is 0 Å².